The summed E-state index contributed by atoms with van der Waals surface area (Å²) in [5.41, 5.74) is 0.715. The van der Waals surface area contributed by atoms with E-state index in [1.165, 1.54) is 64.2 Å². The van der Waals surface area contributed by atoms with Crippen molar-refractivity contribution >= 4 is 5.97 Å². The third-order valence-corrected chi connectivity index (χ3v) is 13.8. The van der Waals surface area contributed by atoms with E-state index in [1.54, 1.807) is 0 Å². The number of aliphatic carboxylic acids is 1. The molecule has 1 N–H and O–H groups in total. The molecule has 0 aromatic heterocycles. The highest BCUT2D eigenvalue weighted by Crippen LogP contribution is 2.82. The van der Waals surface area contributed by atoms with Crippen LogP contribution in [0.2, 0.25) is 0 Å². The molecule has 2 heteroatoms. The third kappa shape index (κ3) is 2.03. The monoisotopic (exact) mass is 420 g/mol. The van der Waals surface area contributed by atoms with Gasteiger partial charge in [-0.1, -0.05) is 31.9 Å². The van der Waals surface area contributed by atoms with Crippen LogP contribution in [-0.2, 0) is 4.79 Å². The number of carboxylic acid groups (broad SMARTS) is 1. The first kappa shape index (κ1) is 18.6. The fraction of sp³-hybridized carbons (Fsp3) is 0.897. The number of carbonyl (C=O) groups is 1. The Balaban J connectivity index is 1.30. The van der Waals surface area contributed by atoms with Gasteiger partial charge in [-0.2, -0.15) is 0 Å². The van der Waals surface area contributed by atoms with E-state index in [0.29, 0.717) is 28.6 Å². The first-order valence-corrected chi connectivity index (χ1v) is 13.9. The van der Waals surface area contributed by atoms with Gasteiger partial charge in [0.2, 0.25) is 0 Å². The molecule has 0 aromatic rings. The molecule has 13 unspecified atom stereocenters. The van der Waals surface area contributed by atoms with Gasteiger partial charge < -0.3 is 5.11 Å². The molecule has 0 spiro atoms. The Morgan fingerprint density at radius 3 is 2.06 bits per heavy atom. The number of carboxylic acids is 1. The molecular formula is C29H40O2. The van der Waals surface area contributed by atoms with Gasteiger partial charge in [-0.15, -0.1) is 0 Å². The van der Waals surface area contributed by atoms with Crippen LogP contribution < -0.4 is 0 Å². The van der Waals surface area contributed by atoms with Crippen LogP contribution in [0.5, 0.6) is 0 Å². The van der Waals surface area contributed by atoms with Gasteiger partial charge in [0, 0.05) is 0 Å². The van der Waals surface area contributed by atoms with Crippen LogP contribution in [0.1, 0.15) is 77.6 Å². The Bertz CT molecular complexity index is 831. The Hall–Kier alpha value is -0.790. The highest BCUT2D eigenvalue weighted by Gasteiger charge is 2.76. The predicted molar refractivity (Wildman–Crippen MR) is 120 cm³/mol. The molecule has 168 valence electrons. The van der Waals surface area contributed by atoms with E-state index in [4.69, 9.17) is 0 Å². The van der Waals surface area contributed by atoms with Gasteiger partial charge in [0.25, 0.3) is 0 Å². The van der Waals surface area contributed by atoms with Gasteiger partial charge in [0.15, 0.2) is 0 Å². The zero-order valence-corrected chi connectivity index (χ0v) is 19.2. The molecular weight excluding hydrogens is 380 g/mol. The van der Waals surface area contributed by atoms with E-state index >= 15 is 0 Å². The van der Waals surface area contributed by atoms with Crippen LogP contribution in [-0.4, -0.2) is 11.1 Å². The molecule has 2 nitrogen and oxygen atoms in total. The maximum absolute atomic E-state index is 12.5. The second-order valence-electron chi connectivity index (χ2n) is 14.1. The molecule has 0 aliphatic heterocycles. The Labute approximate surface area is 187 Å². The second kappa shape index (κ2) is 5.82. The summed E-state index contributed by atoms with van der Waals surface area (Å²) in [6.07, 6.45) is 20.7. The molecule has 31 heavy (non-hydrogen) atoms. The van der Waals surface area contributed by atoms with Crippen LogP contribution in [0, 0.1) is 81.8 Å². The molecule has 0 amide bonds. The van der Waals surface area contributed by atoms with Crippen molar-refractivity contribution in [1.29, 1.82) is 0 Å². The average Bonchev–Trinajstić information content (AvgIpc) is 3.62. The molecule has 8 aliphatic carbocycles. The van der Waals surface area contributed by atoms with Gasteiger partial charge in [0.05, 0.1) is 5.92 Å². The van der Waals surface area contributed by atoms with Crippen molar-refractivity contribution in [2.45, 2.75) is 77.6 Å². The van der Waals surface area contributed by atoms with E-state index in [2.05, 4.69) is 19.1 Å². The Morgan fingerprint density at radius 2 is 1.52 bits per heavy atom. The van der Waals surface area contributed by atoms with Crippen molar-refractivity contribution in [3.8, 4) is 0 Å². The van der Waals surface area contributed by atoms with Gasteiger partial charge in [-0.25, -0.2) is 0 Å². The number of allylic oxidation sites excluding steroid dienone is 2. The number of hydrogen-bond acceptors (Lipinski definition) is 1. The van der Waals surface area contributed by atoms with Crippen molar-refractivity contribution in [2.75, 3.05) is 0 Å². The lowest BCUT2D eigenvalue weighted by atomic mass is 9.43. The molecule has 0 aromatic carbocycles. The fourth-order valence-corrected chi connectivity index (χ4v) is 13.1. The maximum Gasteiger partial charge on any atom is 0.306 e. The fourth-order valence-electron chi connectivity index (χ4n) is 13.1. The van der Waals surface area contributed by atoms with E-state index in [0.717, 1.165) is 53.8 Å². The normalized spacial score (nSPS) is 61.5. The first-order valence-electron chi connectivity index (χ1n) is 13.9. The van der Waals surface area contributed by atoms with Gasteiger partial charge in [-0.05, 0) is 134 Å². The van der Waals surface area contributed by atoms with Crippen LogP contribution in [0.4, 0.5) is 0 Å². The highest BCUT2D eigenvalue weighted by molar-refractivity contribution is 5.71. The molecule has 8 aliphatic rings. The number of fused-ring (bicyclic) bond motifs is 13. The molecule has 8 bridgehead atoms. The Kier molecular flexibility index (Phi) is 3.49. The molecule has 8 rings (SSSR count). The number of hydrogen-bond donors (Lipinski definition) is 1. The molecule has 0 saturated heterocycles. The lowest BCUT2D eigenvalue weighted by molar-refractivity contribution is -0.155. The number of rotatable bonds is 4. The topological polar surface area (TPSA) is 37.3 Å². The second-order valence-corrected chi connectivity index (χ2v) is 14.1. The third-order valence-electron chi connectivity index (χ3n) is 13.8. The quantitative estimate of drug-likeness (QED) is 0.421. The lowest BCUT2D eigenvalue weighted by Crippen LogP contribution is -2.56. The average molecular weight is 421 g/mol. The maximum atomic E-state index is 12.5. The van der Waals surface area contributed by atoms with E-state index in [-0.39, 0.29) is 5.92 Å². The summed E-state index contributed by atoms with van der Waals surface area (Å²) < 4.78 is 0. The largest absolute Gasteiger partial charge is 0.481 e. The summed E-state index contributed by atoms with van der Waals surface area (Å²) in [6, 6.07) is 0. The van der Waals surface area contributed by atoms with Crippen LogP contribution in [0.3, 0.4) is 0 Å². The smallest absolute Gasteiger partial charge is 0.306 e. The minimum absolute atomic E-state index is 0.0505. The summed E-state index contributed by atoms with van der Waals surface area (Å²) in [7, 11) is 0. The zero-order chi connectivity index (χ0) is 20.7. The van der Waals surface area contributed by atoms with Gasteiger partial charge >= 0.3 is 5.97 Å². The van der Waals surface area contributed by atoms with Crippen LogP contribution >= 0.6 is 0 Å². The van der Waals surface area contributed by atoms with Crippen LogP contribution in [0.25, 0.3) is 0 Å². The molecule has 0 heterocycles. The van der Waals surface area contributed by atoms with Gasteiger partial charge in [-0.3, -0.25) is 4.79 Å². The minimum Gasteiger partial charge on any atom is -0.481 e. The van der Waals surface area contributed by atoms with E-state index < -0.39 is 5.97 Å². The van der Waals surface area contributed by atoms with E-state index in [1.807, 2.05) is 0 Å². The molecule has 7 fully saturated rings. The van der Waals surface area contributed by atoms with Crippen molar-refractivity contribution in [1.82, 2.24) is 0 Å². The zero-order valence-electron chi connectivity index (χ0n) is 19.2. The standard InChI is InChI=1S/C29H40O2/c1-28(23-10-15-2-4-17(23)8-15,24-11-16-3-5-18(24)9-16)29-13-21(22(14-29)27(30)31)25-19-6-7-20(12-19)26(25)29/h6-7,15-26H,2-5,8-14H2,1H3,(H,30,31). The van der Waals surface area contributed by atoms with Crippen molar-refractivity contribution < 1.29 is 9.90 Å². The van der Waals surface area contributed by atoms with Crippen LogP contribution in [0.15, 0.2) is 12.2 Å². The summed E-state index contributed by atoms with van der Waals surface area (Å²) in [5.74, 6) is 8.63. The molecule has 13 atom stereocenters. The summed E-state index contributed by atoms with van der Waals surface area (Å²) in [5, 5.41) is 10.3. The van der Waals surface area contributed by atoms with Crippen molar-refractivity contribution in [3.05, 3.63) is 12.2 Å². The summed E-state index contributed by atoms with van der Waals surface area (Å²) >= 11 is 0. The first-order chi connectivity index (χ1) is 15.0. The highest BCUT2D eigenvalue weighted by atomic mass is 16.4. The minimum atomic E-state index is -0.458. The lowest BCUT2D eigenvalue weighted by Gasteiger charge is -2.61. The predicted octanol–water partition coefficient (Wildman–Crippen LogP) is 6.41. The van der Waals surface area contributed by atoms with Gasteiger partial charge in [0.1, 0.15) is 0 Å². The SMILES string of the molecule is CC(C1CC2CCC1C2)(C1CC2CCC1C2)C12CC(C(=O)O)C(C1)C1C3C=CC(C3)C12. The summed E-state index contributed by atoms with van der Waals surface area (Å²) in [6.45, 7) is 2.79. The van der Waals surface area contributed by atoms with Crippen molar-refractivity contribution in [2.24, 2.45) is 81.8 Å². The molecule has 7 saturated carbocycles. The van der Waals surface area contributed by atoms with E-state index in [9.17, 15) is 9.90 Å². The Morgan fingerprint density at radius 1 is 0.871 bits per heavy atom. The van der Waals surface area contributed by atoms with Crippen molar-refractivity contribution in [3.63, 3.8) is 0 Å². The molecule has 0 radical (unpaired) electrons. The summed E-state index contributed by atoms with van der Waals surface area (Å²) in [4.78, 5) is 12.5.